The summed E-state index contributed by atoms with van der Waals surface area (Å²) in [6, 6.07) is 0. The SMILES string of the molecule is CCCCC=COCC(Cl)(Cl)Cl. The number of allylic oxidation sites excluding steroid dienone is 1. The maximum absolute atomic E-state index is 5.45. The van der Waals surface area contributed by atoms with Crippen LogP contribution >= 0.6 is 34.8 Å². The van der Waals surface area contributed by atoms with Gasteiger partial charge in [-0.15, -0.1) is 0 Å². The van der Waals surface area contributed by atoms with Crippen LogP contribution in [-0.2, 0) is 4.74 Å². The van der Waals surface area contributed by atoms with E-state index in [1.54, 1.807) is 6.26 Å². The molecule has 0 aromatic rings. The van der Waals surface area contributed by atoms with Crippen molar-refractivity contribution in [2.75, 3.05) is 6.61 Å². The molecule has 0 aliphatic rings. The highest BCUT2D eigenvalue weighted by molar-refractivity contribution is 6.67. The van der Waals surface area contributed by atoms with E-state index in [4.69, 9.17) is 39.5 Å². The number of alkyl halides is 3. The van der Waals surface area contributed by atoms with Gasteiger partial charge in [0.25, 0.3) is 0 Å². The third-order valence-corrected chi connectivity index (χ3v) is 1.49. The molecule has 12 heavy (non-hydrogen) atoms. The molecule has 0 radical (unpaired) electrons. The molecule has 0 spiro atoms. The van der Waals surface area contributed by atoms with Crippen molar-refractivity contribution in [3.63, 3.8) is 0 Å². The average molecular weight is 232 g/mol. The number of hydrogen-bond acceptors (Lipinski definition) is 1. The van der Waals surface area contributed by atoms with Gasteiger partial charge in [-0.25, -0.2) is 0 Å². The van der Waals surface area contributed by atoms with Gasteiger partial charge in [0.1, 0.15) is 6.61 Å². The second kappa shape index (κ2) is 6.88. The summed E-state index contributed by atoms with van der Waals surface area (Å²) in [5, 5.41) is 0. The zero-order valence-electron chi connectivity index (χ0n) is 7.03. The predicted octanol–water partition coefficient (Wildman–Crippen LogP) is 4.08. The first-order valence-electron chi connectivity index (χ1n) is 3.89. The Morgan fingerprint density at radius 2 is 2.00 bits per heavy atom. The summed E-state index contributed by atoms with van der Waals surface area (Å²) in [5.74, 6) is 0. The third kappa shape index (κ3) is 10.4. The van der Waals surface area contributed by atoms with E-state index >= 15 is 0 Å². The van der Waals surface area contributed by atoms with Gasteiger partial charge in [-0.1, -0.05) is 48.1 Å². The molecule has 0 atom stereocenters. The van der Waals surface area contributed by atoms with E-state index < -0.39 is 3.79 Å². The van der Waals surface area contributed by atoms with Crippen molar-refractivity contribution < 1.29 is 4.74 Å². The first kappa shape index (κ1) is 12.4. The molecule has 0 bridgehead atoms. The monoisotopic (exact) mass is 230 g/mol. The van der Waals surface area contributed by atoms with Crippen LogP contribution in [0.2, 0.25) is 0 Å². The van der Waals surface area contributed by atoms with E-state index in [-0.39, 0.29) is 6.61 Å². The van der Waals surface area contributed by atoms with Gasteiger partial charge in [0.15, 0.2) is 0 Å². The van der Waals surface area contributed by atoms with Crippen LogP contribution in [0, 0.1) is 0 Å². The predicted molar refractivity (Wildman–Crippen MR) is 54.9 cm³/mol. The third-order valence-electron chi connectivity index (χ3n) is 1.16. The molecule has 0 amide bonds. The summed E-state index contributed by atoms with van der Waals surface area (Å²) in [4.78, 5) is 0. The Kier molecular flexibility index (Phi) is 7.11. The molecule has 0 fully saturated rings. The van der Waals surface area contributed by atoms with Gasteiger partial charge in [0.2, 0.25) is 3.79 Å². The minimum absolute atomic E-state index is 0.0975. The molecule has 0 N–H and O–H groups in total. The molecule has 0 saturated carbocycles. The highest BCUT2D eigenvalue weighted by Crippen LogP contribution is 2.25. The smallest absolute Gasteiger partial charge is 0.223 e. The second-order valence-corrected chi connectivity index (χ2v) is 4.96. The number of unbranched alkanes of at least 4 members (excludes halogenated alkanes) is 2. The summed E-state index contributed by atoms with van der Waals surface area (Å²) in [7, 11) is 0. The van der Waals surface area contributed by atoms with Crippen molar-refractivity contribution in [3.05, 3.63) is 12.3 Å². The normalized spacial score (nSPS) is 12.3. The summed E-state index contributed by atoms with van der Waals surface area (Å²) in [6.45, 7) is 2.23. The van der Waals surface area contributed by atoms with Crippen molar-refractivity contribution in [1.29, 1.82) is 0 Å². The first-order chi connectivity index (χ1) is 5.56. The fourth-order valence-electron chi connectivity index (χ4n) is 0.601. The van der Waals surface area contributed by atoms with Crippen molar-refractivity contribution in [1.82, 2.24) is 0 Å². The zero-order valence-corrected chi connectivity index (χ0v) is 9.29. The molecule has 1 nitrogen and oxygen atoms in total. The molecule has 0 aliphatic heterocycles. The van der Waals surface area contributed by atoms with Crippen LogP contribution < -0.4 is 0 Å². The van der Waals surface area contributed by atoms with Crippen molar-refractivity contribution >= 4 is 34.8 Å². The Morgan fingerprint density at radius 1 is 1.33 bits per heavy atom. The van der Waals surface area contributed by atoms with Crippen molar-refractivity contribution in [2.24, 2.45) is 0 Å². The largest absolute Gasteiger partial charge is 0.497 e. The van der Waals surface area contributed by atoms with E-state index in [1.807, 2.05) is 6.08 Å². The summed E-state index contributed by atoms with van der Waals surface area (Å²) in [5.41, 5.74) is 0. The van der Waals surface area contributed by atoms with Gasteiger partial charge in [0.05, 0.1) is 6.26 Å². The first-order valence-corrected chi connectivity index (χ1v) is 5.03. The van der Waals surface area contributed by atoms with Crippen molar-refractivity contribution in [3.8, 4) is 0 Å². The van der Waals surface area contributed by atoms with E-state index in [1.165, 1.54) is 6.42 Å². The Morgan fingerprint density at radius 3 is 2.50 bits per heavy atom. The molecule has 4 heteroatoms. The molecule has 0 aliphatic carbocycles. The van der Waals surface area contributed by atoms with Gasteiger partial charge < -0.3 is 4.74 Å². The molecule has 0 unspecified atom stereocenters. The number of hydrogen-bond donors (Lipinski definition) is 0. The van der Waals surface area contributed by atoms with Crippen LogP contribution in [0.25, 0.3) is 0 Å². The highest BCUT2D eigenvalue weighted by Gasteiger charge is 2.19. The maximum atomic E-state index is 5.45. The molecule has 0 aromatic carbocycles. The van der Waals surface area contributed by atoms with Crippen LogP contribution in [0.4, 0.5) is 0 Å². The minimum atomic E-state index is -1.31. The quantitative estimate of drug-likeness (QED) is 0.394. The molecule has 0 saturated heterocycles. The van der Waals surface area contributed by atoms with Gasteiger partial charge in [-0.05, 0) is 18.9 Å². The van der Waals surface area contributed by atoms with Crippen LogP contribution in [0.5, 0.6) is 0 Å². The topological polar surface area (TPSA) is 9.23 Å². The Hall–Kier alpha value is 0.410. The van der Waals surface area contributed by atoms with Gasteiger partial charge in [0, 0.05) is 0 Å². The molecule has 72 valence electrons. The highest BCUT2D eigenvalue weighted by atomic mass is 35.6. The maximum Gasteiger partial charge on any atom is 0.223 e. The summed E-state index contributed by atoms with van der Waals surface area (Å²) < 4.78 is 3.66. The zero-order chi connectivity index (χ0) is 9.45. The van der Waals surface area contributed by atoms with Crippen LogP contribution in [0.1, 0.15) is 26.2 Å². The lowest BCUT2D eigenvalue weighted by Crippen LogP contribution is -2.09. The molecule has 0 rings (SSSR count). The number of halogens is 3. The van der Waals surface area contributed by atoms with E-state index in [9.17, 15) is 0 Å². The van der Waals surface area contributed by atoms with Gasteiger partial charge in [-0.3, -0.25) is 0 Å². The Labute approximate surface area is 88.6 Å². The van der Waals surface area contributed by atoms with Crippen LogP contribution in [0.15, 0.2) is 12.3 Å². The number of ether oxygens (including phenoxy) is 1. The van der Waals surface area contributed by atoms with Gasteiger partial charge >= 0.3 is 0 Å². The second-order valence-electron chi connectivity index (χ2n) is 2.44. The molecular formula is C8H13Cl3O. The fraction of sp³-hybridized carbons (Fsp3) is 0.750. The van der Waals surface area contributed by atoms with E-state index in [0.29, 0.717) is 0 Å². The lowest BCUT2D eigenvalue weighted by molar-refractivity contribution is 0.255. The summed E-state index contributed by atoms with van der Waals surface area (Å²) >= 11 is 16.3. The standard InChI is InChI=1S/C8H13Cl3O/c1-2-3-4-5-6-12-7-8(9,10)11/h5-6H,2-4,7H2,1H3. The summed E-state index contributed by atoms with van der Waals surface area (Å²) in [6.07, 6.45) is 6.86. The number of rotatable bonds is 5. The molecule has 0 heterocycles. The van der Waals surface area contributed by atoms with Crippen LogP contribution in [-0.4, -0.2) is 10.4 Å². The Balaban J connectivity index is 3.25. The molecule has 0 aromatic heterocycles. The lowest BCUT2D eigenvalue weighted by atomic mass is 10.2. The fourth-order valence-corrected chi connectivity index (χ4v) is 0.790. The van der Waals surface area contributed by atoms with Crippen molar-refractivity contribution in [2.45, 2.75) is 30.0 Å². The lowest BCUT2D eigenvalue weighted by Gasteiger charge is -2.08. The molecular weight excluding hydrogens is 218 g/mol. The van der Waals surface area contributed by atoms with E-state index in [0.717, 1.165) is 12.8 Å². The Bertz CT molecular complexity index is 129. The average Bonchev–Trinajstić information content (AvgIpc) is 1.94. The minimum Gasteiger partial charge on any atom is -0.497 e. The van der Waals surface area contributed by atoms with Gasteiger partial charge in [-0.2, -0.15) is 0 Å². The van der Waals surface area contributed by atoms with E-state index in [2.05, 4.69) is 6.92 Å². The van der Waals surface area contributed by atoms with Crippen LogP contribution in [0.3, 0.4) is 0 Å².